The Morgan fingerprint density at radius 2 is 2.22 bits per heavy atom. The van der Waals surface area contributed by atoms with E-state index < -0.39 is 23.8 Å². The van der Waals surface area contributed by atoms with Crippen molar-refractivity contribution in [1.29, 1.82) is 0 Å². The standard InChI is InChI=1S/C9H8ClF3N2O2S/c10-5-1-4(9(11,12)13)2-15-7(5)18-3-6(14)8(16)17/h1-2,6H,3,14H2,(H,16,17). The number of rotatable bonds is 4. The van der Waals surface area contributed by atoms with E-state index in [2.05, 4.69) is 4.98 Å². The lowest BCUT2D eigenvalue weighted by atomic mass is 10.3. The van der Waals surface area contributed by atoms with Crippen molar-refractivity contribution < 1.29 is 23.1 Å². The zero-order valence-corrected chi connectivity index (χ0v) is 10.3. The molecule has 18 heavy (non-hydrogen) atoms. The van der Waals surface area contributed by atoms with Crippen molar-refractivity contribution in [2.24, 2.45) is 5.73 Å². The van der Waals surface area contributed by atoms with E-state index in [9.17, 15) is 18.0 Å². The first kappa shape index (κ1) is 15.1. The molecular formula is C9H8ClF3N2O2S. The number of halogens is 4. The third-order valence-electron chi connectivity index (χ3n) is 1.85. The molecule has 0 spiro atoms. The van der Waals surface area contributed by atoms with Crippen LogP contribution < -0.4 is 5.73 Å². The van der Waals surface area contributed by atoms with Gasteiger partial charge in [-0.3, -0.25) is 4.79 Å². The van der Waals surface area contributed by atoms with E-state index in [-0.39, 0.29) is 15.8 Å². The highest BCUT2D eigenvalue weighted by molar-refractivity contribution is 7.99. The monoisotopic (exact) mass is 300 g/mol. The van der Waals surface area contributed by atoms with Crippen molar-refractivity contribution in [3.8, 4) is 0 Å². The van der Waals surface area contributed by atoms with Gasteiger partial charge in [-0.2, -0.15) is 13.2 Å². The Balaban J connectivity index is 2.78. The van der Waals surface area contributed by atoms with Crippen LogP contribution in [0.1, 0.15) is 5.56 Å². The minimum atomic E-state index is -4.52. The van der Waals surface area contributed by atoms with E-state index in [1.165, 1.54) is 0 Å². The number of aromatic nitrogens is 1. The topological polar surface area (TPSA) is 76.2 Å². The molecule has 1 aromatic rings. The maximum absolute atomic E-state index is 12.3. The highest BCUT2D eigenvalue weighted by Crippen LogP contribution is 2.33. The van der Waals surface area contributed by atoms with Crippen molar-refractivity contribution in [1.82, 2.24) is 4.98 Å². The number of nitrogens with zero attached hydrogens (tertiary/aromatic N) is 1. The predicted molar refractivity (Wildman–Crippen MR) is 60.6 cm³/mol. The van der Waals surface area contributed by atoms with Gasteiger partial charge in [-0.1, -0.05) is 11.6 Å². The zero-order chi connectivity index (χ0) is 13.9. The third kappa shape index (κ3) is 4.04. The van der Waals surface area contributed by atoms with Gasteiger partial charge in [0.25, 0.3) is 0 Å². The molecule has 0 aromatic carbocycles. The molecule has 0 amide bonds. The van der Waals surface area contributed by atoms with E-state index in [0.29, 0.717) is 6.20 Å². The molecule has 9 heteroatoms. The van der Waals surface area contributed by atoms with Crippen LogP contribution in [0.3, 0.4) is 0 Å². The van der Waals surface area contributed by atoms with Gasteiger partial charge in [0.1, 0.15) is 11.1 Å². The van der Waals surface area contributed by atoms with Gasteiger partial charge in [0, 0.05) is 11.9 Å². The molecule has 1 heterocycles. The molecule has 1 atom stereocenters. The van der Waals surface area contributed by atoms with Crippen LogP contribution in [0, 0.1) is 0 Å². The van der Waals surface area contributed by atoms with Gasteiger partial charge >= 0.3 is 12.1 Å². The Kier molecular flexibility index (Phi) is 4.83. The van der Waals surface area contributed by atoms with Gasteiger partial charge in [-0.05, 0) is 6.07 Å². The number of carbonyl (C=O) groups is 1. The molecule has 4 nitrogen and oxygen atoms in total. The molecule has 0 fully saturated rings. The summed E-state index contributed by atoms with van der Waals surface area (Å²) in [7, 11) is 0. The number of hydrogen-bond donors (Lipinski definition) is 2. The number of hydrogen-bond acceptors (Lipinski definition) is 4. The summed E-state index contributed by atoms with van der Waals surface area (Å²) in [6.45, 7) is 0. The Morgan fingerprint density at radius 3 is 2.67 bits per heavy atom. The van der Waals surface area contributed by atoms with Crippen molar-refractivity contribution in [3.05, 3.63) is 22.8 Å². The zero-order valence-electron chi connectivity index (χ0n) is 8.74. The fraction of sp³-hybridized carbons (Fsp3) is 0.333. The average molecular weight is 301 g/mol. The lowest BCUT2D eigenvalue weighted by Gasteiger charge is -2.09. The second-order valence-corrected chi connectivity index (χ2v) is 4.68. The average Bonchev–Trinajstić information content (AvgIpc) is 2.25. The smallest absolute Gasteiger partial charge is 0.417 e. The summed E-state index contributed by atoms with van der Waals surface area (Å²) in [6, 6.07) is -0.390. The summed E-state index contributed by atoms with van der Waals surface area (Å²) in [5.41, 5.74) is 4.28. The fourth-order valence-corrected chi connectivity index (χ4v) is 2.06. The molecule has 1 rings (SSSR count). The lowest BCUT2D eigenvalue weighted by molar-refractivity contribution is -0.138. The number of aliphatic carboxylic acids is 1. The quantitative estimate of drug-likeness (QED) is 0.834. The number of thioether (sulfide) groups is 1. The molecule has 0 aliphatic carbocycles. The summed E-state index contributed by atoms with van der Waals surface area (Å²) in [4.78, 5) is 14.0. The Morgan fingerprint density at radius 1 is 1.61 bits per heavy atom. The first-order valence-corrected chi connectivity index (χ1v) is 5.92. The van der Waals surface area contributed by atoms with Crippen LogP contribution in [0.25, 0.3) is 0 Å². The molecule has 0 saturated carbocycles. The molecule has 0 aliphatic heterocycles. The number of nitrogens with two attached hydrogens (primary N) is 1. The van der Waals surface area contributed by atoms with Gasteiger partial charge in [-0.15, -0.1) is 11.8 Å². The SMILES string of the molecule is NC(CSc1ncc(C(F)(F)F)cc1Cl)C(=O)O. The normalized spacial score (nSPS) is 13.4. The first-order valence-electron chi connectivity index (χ1n) is 4.55. The molecule has 0 bridgehead atoms. The minimum absolute atomic E-state index is 0.0343. The Labute approximate surface area is 109 Å². The van der Waals surface area contributed by atoms with Crippen LogP contribution in [0.2, 0.25) is 5.02 Å². The van der Waals surface area contributed by atoms with Gasteiger partial charge in [0.05, 0.1) is 10.6 Å². The summed E-state index contributed by atoms with van der Waals surface area (Å²) in [5.74, 6) is -1.24. The number of pyridine rings is 1. The molecular weight excluding hydrogens is 293 g/mol. The molecule has 0 radical (unpaired) electrons. The maximum atomic E-state index is 12.3. The summed E-state index contributed by atoms with van der Waals surface area (Å²) in [6.07, 6.45) is -3.88. The van der Waals surface area contributed by atoms with E-state index in [1.54, 1.807) is 0 Å². The van der Waals surface area contributed by atoms with Crippen molar-refractivity contribution >= 4 is 29.3 Å². The largest absolute Gasteiger partial charge is 0.480 e. The van der Waals surface area contributed by atoms with Crippen molar-refractivity contribution in [3.63, 3.8) is 0 Å². The molecule has 0 aliphatic rings. The molecule has 1 unspecified atom stereocenters. The Hall–Kier alpha value is -0.990. The number of carboxylic acids is 1. The second kappa shape index (κ2) is 5.77. The lowest BCUT2D eigenvalue weighted by Crippen LogP contribution is -2.32. The van der Waals surface area contributed by atoms with E-state index in [4.69, 9.17) is 22.4 Å². The van der Waals surface area contributed by atoms with Gasteiger partial charge < -0.3 is 10.8 Å². The van der Waals surface area contributed by atoms with Gasteiger partial charge in [-0.25, -0.2) is 4.98 Å². The van der Waals surface area contributed by atoms with E-state index >= 15 is 0 Å². The molecule has 100 valence electrons. The highest BCUT2D eigenvalue weighted by atomic mass is 35.5. The van der Waals surface area contributed by atoms with Crippen LogP contribution in [0.5, 0.6) is 0 Å². The summed E-state index contributed by atoms with van der Waals surface area (Å²) >= 11 is 6.51. The van der Waals surface area contributed by atoms with Crippen LogP contribution in [0.4, 0.5) is 13.2 Å². The molecule has 3 N–H and O–H groups in total. The molecule has 0 saturated heterocycles. The molecule has 1 aromatic heterocycles. The Bertz CT molecular complexity index is 456. The third-order valence-corrected chi connectivity index (χ3v) is 3.38. The number of carboxylic acid groups (broad SMARTS) is 1. The van der Waals surface area contributed by atoms with Crippen LogP contribution >= 0.6 is 23.4 Å². The number of alkyl halides is 3. The minimum Gasteiger partial charge on any atom is -0.480 e. The summed E-state index contributed by atoms with van der Waals surface area (Å²) < 4.78 is 36.9. The first-order chi connectivity index (χ1) is 8.21. The van der Waals surface area contributed by atoms with E-state index in [0.717, 1.165) is 17.8 Å². The van der Waals surface area contributed by atoms with Crippen LogP contribution in [-0.4, -0.2) is 27.9 Å². The van der Waals surface area contributed by atoms with Gasteiger partial charge in [0.2, 0.25) is 0 Å². The van der Waals surface area contributed by atoms with Crippen LogP contribution in [0.15, 0.2) is 17.3 Å². The van der Waals surface area contributed by atoms with Gasteiger partial charge in [0.15, 0.2) is 0 Å². The van der Waals surface area contributed by atoms with E-state index in [1.807, 2.05) is 0 Å². The second-order valence-electron chi connectivity index (χ2n) is 3.26. The predicted octanol–water partition coefficient (Wildman–Crippen LogP) is 2.26. The highest BCUT2D eigenvalue weighted by Gasteiger charge is 2.31. The van der Waals surface area contributed by atoms with Crippen molar-refractivity contribution in [2.75, 3.05) is 5.75 Å². The van der Waals surface area contributed by atoms with Crippen LogP contribution in [-0.2, 0) is 11.0 Å². The van der Waals surface area contributed by atoms with Crippen molar-refractivity contribution in [2.45, 2.75) is 17.2 Å². The fourth-order valence-electron chi connectivity index (χ4n) is 0.927. The maximum Gasteiger partial charge on any atom is 0.417 e. The summed E-state index contributed by atoms with van der Waals surface area (Å²) in [5, 5.41) is 8.46.